The number of nitrogens with zero attached hydrogens (tertiary/aromatic N) is 2. The molecule has 0 aliphatic rings. The van der Waals surface area contributed by atoms with Crippen molar-refractivity contribution in [2.45, 2.75) is 0 Å². The summed E-state index contributed by atoms with van der Waals surface area (Å²) < 4.78 is 28.2. The van der Waals surface area contributed by atoms with Crippen molar-refractivity contribution >= 4 is 5.52 Å². The average Bonchev–Trinajstić information content (AvgIpc) is 2.94. The van der Waals surface area contributed by atoms with Crippen LogP contribution >= 0.6 is 0 Å². The van der Waals surface area contributed by atoms with Crippen LogP contribution in [0.1, 0.15) is 0 Å². The Morgan fingerprint density at radius 1 is 0.750 bits per heavy atom. The van der Waals surface area contributed by atoms with E-state index in [0.717, 1.165) is 22.2 Å². The molecule has 0 spiro atoms. The van der Waals surface area contributed by atoms with Crippen LogP contribution < -0.4 is 0 Å². The van der Waals surface area contributed by atoms with Gasteiger partial charge in [0, 0.05) is 11.1 Å². The minimum atomic E-state index is -0.395. The molecule has 0 saturated heterocycles. The highest BCUT2D eigenvalue weighted by atomic mass is 19.1. The summed E-state index contributed by atoms with van der Waals surface area (Å²) in [5, 5.41) is 14.0. The molecule has 1 N–H and O–H groups in total. The van der Waals surface area contributed by atoms with Gasteiger partial charge in [0.15, 0.2) is 0 Å². The highest BCUT2D eigenvalue weighted by Crippen LogP contribution is 2.35. The van der Waals surface area contributed by atoms with Gasteiger partial charge in [-0.3, -0.25) is 0 Å². The molecule has 2 heterocycles. The predicted octanol–water partition coefficient (Wildman–Crippen LogP) is 4.65. The van der Waals surface area contributed by atoms with Crippen molar-refractivity contribution in [3.63, 3.8) is 0 Å². The van der Waals surface area contributed by atoms with Crippen molar-refractivity contribution in [2.24, 2.45) is 0 Å². The zero-order chi connectivity index (χ0) is 16.7. The van der Waals surface area contributed by atoms with Crippen LogP contribution in [-0.2, 0) is 0 Å². The van der Waals surface area contributed by atoms with E-state index in [4.69, 9.17) is 0 Å². The highest BCUT2D eigenvalue weighted by molar-refractivity contribution is 5.92. The summed E-state index contributed by atoms with van der Waals surface area (Å²) in [5.74, 6) is -0.572. The normalized spacial score (nSPS) is 11.1. The molecule has 24 heavy (non-hydrogen) atoms. The average molecular weight is 322 g/mol. The van der Waals surface area contributed by atoms with Gasteiger partial charge >= 0.3 is 0 Å². The van der Waals surface area contributed by atoms with Gasteiger partial charge in [0.2, 0.25) is 0 Å². The van der Waals surface area contributed by atoms with Crippen LogP contribution in [0.5, 0.6) is 5.75 Å². The van der Waals surface area contributed by atoms with Crippen molar-refractivity contribution in [2.75, 3.05) is 0 Å². The van der Waals surface area contributed by atoms with E-state index < -0.39 is 5.82 Å². The number of phenolic OH excluding ortho intramolecular Hbond substituents is 1. The molecule has 0 fully saturated rings. The molecule has 0 unspecified atom stereocenters. The fourth-order valence-corrected chi connectivity index (χ4v) is 2.75. The van der Waals surface area contributed by atoms with Gasteiger partial charge in [-0.1, -0.05) is 12.1 Å². The Hall–Kier alpha value is -3.21. The minimum Gasteiger partial charge on any atom is -0.508 e. The number of halogens is 2. The van der Waals surface area contributed by atoms with Crippen LogP contribution in [0.3, 0.4) is 0 Å². The monoisotopic (exact) mass is 322 g/mol. The summed E-state index contributed by atoms with van der Waals surface area (Å²) in [6, 6.07) is 15.7. The molecule has 0 radical (unpaired) electrons. The second-order valence-corrected chi connectivity index (χ2v) is 5.45. The van der Waals surface area contributed by atoms with E-state index in [-0.39, 0.29) is 11.6 Å². The van der Waals surface area contributed by atoms with Crippen LogP contribution in [0, 0.1) is 11.6 Å². The third kappa shape index (κ3) is 2.40. The molecular weight excluding hydrogens is 310 g/mol. The van der Waals surface area contributed by atoms with Crippen LogP contribution in [0.15, 0.2) is 66.9 Å². The van der Waals surface area contributed by atoms with E-state index in [1.165, 1.54) is 28.9 Å². The molecule has 0 aliphatic carbocycles. The molecule has 0 amide bonds. The van der Waals surface area contributed by atoms with Gasteiger partial charge in [-0.05, 0) is 54.1 Å². The molecule has 118 valence electrons. The van der Waals surface area contributed by atoms with Crippen LogP contribution in [0.4, 0.5) is 8.78 Å². The van der Waals surface area contributed by atoms with E-state index >= 15 is 0 Å². The highest BCUT2D eigenvalue weighted by Gasteiger charge is 2.17. The molecular formula is C19H12F2N2O. The number of benzene rings is 2. The largest absolute Gasteiger partial charge is 0.508 e. The van der Waals surface area contributed by atoms with Crippen molar-refractivity contribution in [1.29, 1.82) is 0 Å². The summed E-state index contributed by atoms with van der Waals surface area (Å²) >= 11 is 0. The SMILES string of the molecule is Oc1ccc(-c2c(-c3ccc(F)cc3)nn3cc(F)ccc23)cc1. The summed E-state index contributed by atoms with van der Waals surface area (Å²) in [5.41, 5.74) is 3.69. The Morgan fingerprint density at radius 2 is 1.38 bits per heavy atom. The van der Waals surface area contributed by atoms with Crippen LogP contribution in [-0.4, -0.2) is 14.7 Å². The lowest BCUT2D eigenvalue weighted by molar-refractivity contribution is 0.475. The number of aromatic nitrogens is 2. The molecule has 5 heteroatoms. The summed E-state index contributed by atoms with van der Waals surface area (Å²) in [6.45, 7) is 0. The maximum atomic E-state index is 13.5. The topological polar surface area (TPSA) is 37.5 Å². The summed E-state index contributed by atoms with van der Waals surface area (Å²) in [6.07, 6.45) is 1.30. The lowest BCUT2D eigenvalue weighted by atomic mass is 9.99. The fraction of sp³-hybridized carbons (Fsp3) is 0. The van der Waals surface area contributed by atoms with Gasteiger partial charge in [-0.15, -0.1) is 0 Å². The van der Waals surface area contributed by atoms with E-state index in [0.29, 0.717) is 5.69 Å². The van der Waals surface area contributed by atoms with Gasteiger partial charge in [0.1, 0.15) is 23.1 Å². The number of aromatic hydroxyl groups is 1. The number of rotatable bonds is 2. The minimum absolute atomic E-state index is 0.157. The summed E-state index contributed by atoms with van der Waals surface area (Å²) in [4.78, 5) is 0. The van der Waals surface area contributed by atoms with E-state index in [9.17, 15) is 13.9 Å². The second kappa shape index (κ2) is 5.45. The van der Waals surface area contributed by atoms with Gasteiger partial charge in [0.25, 0.3) is 0 Å². The molecule has 0 saturated carbocycles. The number of fused-ring (bicyclic) bond motifs is 1. The standard InChI is InChI=1S/C19H12F2N2O/c20-14-5-1-13(2-6-14)19-18(12-3-8-16(24)9-4-12)17-10-7-15(21)11-23(17)22-19/h1-11,24H. The third-order valence-corrected chi connectivity index (χ3v) is 3.87. The Balaban J connectivity index is 2.02. The van der Waals surface area contributed by atoms with Gasteiger partial charge in [-0.2, -0.15) is 5.10 Å². The molecule has 4 aromatic rings. The number of phenols is 1. The van der Waals surface area contributed by atoms with Crippen LogP contribution in [0.25, 0.3) is 27.9 Å². The Labute approximate surface area is 136 Å². The van der Waals surface area contributed by atoms with E-state index in [1.807, 2.05) is 0 Å². The zero-order valence-corrected chi connectivity index (χ0v) is 12.4. The number of hydrogen-bond acceptors (Lipinski definition) is 2. The number of hydrogen-bond donors (Lipinski definition) is 1. The first-order chi connectivity index (χ1) is 11.6. The van der Waals surface area contributed by atoms with Gasteiger partial charge in [0.05, 0.1) is 11.7 Å². The molecule has 3 nitrogen and oxygen atoms in total. The van der Waals surface area contributed by atoms with Crippen LogP contribution in [0.2, 0.25) is 0 Å². The van der Waals surface area contributed by atoms with Crippen molar-refractivity contribution in [3.8, 4) is 28.1 Å². The fourth-order valence-electron chi connectivity index (χ4n) is 2.75. The van der Waals surface area contributed by atoms with Gasteiger partial charge < -0.3 is 5.11 Å². The van der Waals surface area contributed by atoms with Crippen molar-refractivity contribution in [3.05, 3.63) is 78.5 Å². The Morgan fingerprint density at radius 3 is 2.08 bits per heavy atom. The molecule has 2 aromatic heterocycles. The first-order valence-electron chi connectivity index (χ1n) is 7.35. The smallest absolute Gasteiger partial charge is 0.141 e. The Kier molecular flexibility index (Phi) is 3.27. The Bertz CT molecular complexity index is 1020. The summed E-state index contributed by atoms with van der Waals surface area (Å²) in [7, 11) is 0. The molecule has 4 rings (SSSR count). The quantitative estimate of drug-likeness (QED) is 0.583. The molecule has 2 aromatic carbocycles. The predicted molar refractivity (Wildman–Crippen MR) is 87.6 cm³/mol. The lowest BCUT2D eigenvalue weighted by Gasteiger charge is -2.04. The van der Waals surface area contributed by atoms with Crippen molar-refractivity contribution in [1.82, 2.24) is 9.61 Å². The molecule has 0 atom stereocenters. The van der Waals surface area contributed by atoms with Crippen molar-refractivity contribution < 1.29 is 13.9 Å². The first kappa shape index (κ1) is 14.4. The van der Waals surface area contributed by atoms with E-state index in [1.54, 1.807) is 42.5 Å². The van der Waals surface area contributed by atoms with Gasteiger partial charge in [-0.25, -0.2) is 13.3 Å². The second-order valence-electron chi connectivity index (χ2n) is 5.45. The zero-order valence-electron chi connectivity index (χ0n) is 12.4. The third-order valence-electron chi connectivity index (χ3n) is 3.87. The first-order valence-corrected chi connectivity index (χ1v) is 7.35. The van der Waals surface area contributed by atoms with E-state index in [2.05, 4.69) is 5.10 Å². The maximum absolute atomic E-state index is 13.5. The maximum Gasteiger partial charge on any atom is 0.141 e. The lowest BCUT2D eigenvalue weighted by Crippen LogP contribution is -1.88. The molecule has 0 aliphatic heterocycles. The number of pyridine rings is 1. The molecule has 0 bridgehead atoms.